The molecule has 16 heavy (non-hydrogen) atoms. The minimum Gasteiger partial charge on any atom is -0.493 e. The second-order valence-electron chi connectivity index (χ2n) is 5.28. The smallest absolute Gasteiger partial charge is 0.212 e. The number of hydrogen-bond donors (Lipinski definition) is 1. The lowest BCUT2D eigenvalue weighted by Crippen LogP contribution is -2.05. The number of aromatic hydroxyl groups is 1. The molecule has 0 fully saturated rings. The third-order valence-corrected chi connectivity index (χ3v) is 2.59. The molecule has 0 radical (unpaired) electrons. The molecule has 1 aromatic heterocycles. The highest BCUT2D eigenvalue weighted by molar-refractivity contribution is 5.31. The fraction of sp³-hybridized carbons (Fsp3) is 0.769. The predicted molar refractivity (Wildman–Crippen MR) is 66.6 cm³/mol. The highest BCUT2D eigenvalue weighted by Gasteiger charge is 2.17. The molecule has 0 aliphatic rings. The van der Waals surface area contributed by atoms with Crippen LogP contribution >= 0.6 is 0 Å². The van der Waals surface area contributed by atoms with E-state index in [2.05, 4.69) is 39.7 Å². The van der Waals surface area contributed by atoms with Crippen molar-refractivity contribution in [2.45, 2.75) is 54.0 Å². The minimum absolute atomic E-state index is 0.374. The molecule has 0 aromatic carbocycles. The maximum Gasteiger partial charge on any atom is 0.212 e. The van der Waals surface area contributed by atoms with Gasteiger partial charge < -0.3 is 5.11 Å². The van der Waals surface area contributed by atoms with Crippen molar-refractivity contribution < 1.29 is 5.11 Å². The molecule has 0 atom stereocenters. The topological polar surface area (TPSA) is 38.0 Å². The second-order valence-corrected chi connectivity index (χ2v) is 5.28. The molecule has 0 amide bonds. The molecular formula is C13H24N2O. The van der Waals surface area contributed by atoms with Crippen molar-refractivity contribution in [3.63, 3.8) is 0 Å². The molecule has 1 N–H and O–H groups in total. The molecule has 0 saturated carbocycles. The van der Waals surface area contributed by atoms with Crippen molar-refractivity contribution in [1.29, 1.82) is 0 Å². The number of aryl methyl sites for hydroxylation is 1. The summed E-state index contributed by atoms with van der Waals surface area (Å²) in [7, 11) is 0. The SMILES string of the molecule is CCc1nn(CC(C)C)c(O)c1CC(C)C. The van der Waals surface area contributed by atoms with E-state index in [9.17, 15) is 5.11 Å². The van der Waals surface area contributed by atoms with Crippen LogP contribution < -0.4 is 0 Å². The van der Waals surface area contributed by atoms with E-state index >= 15 is 0 Å². The van der Waals surface area contributed by atoms with Gasteiger partial charge in [-0.25, -0.2) is 4.68 Å². The molecule has 0 unspecified atom stereocenters. The molecule has 3 heteroatoms. The summed E-state index contributed by atoms with van der Waals surface area (Å²) in [5, 5.41) is 14.6. The van der Waals surface area contributed by atoms with Gasteiger partial charge in [-0.15, -0.1) is 0 Å². The van der Waals surface area contributed by atoms with Gasteiger partial charge in [-0.3, -0.25) is 0 Å². The van der Waals surface area contributed by atoms with Crippen LogP contribution in [0.15, 0.2) is 0 Å². The van der Waals surface area contributed by atoms with Gasteiger partial charge in [0.25, 0.3) is 0 Å². The van der Waals surface area contributed by atoms with Crippen LogP contribution in [-0.4, -0.2) is 14.9 Å². The fourth-order valence-corrected chi connectivity index (χ4v) is 1.91. The van der Waals surface area contributed by atoms with Crippen LogP contribution in [0.2, 0.25) is 0 Å². The van der Waals surface area contributed by atoms with Crippen LogP contribution in [0.1, 0.15) is 45.9 Å². The summed E-state index contributed by atoms with van der Waals surface area (Å²) in [6.07, 6.45) is 1.80. The van der Waals surface area contributed by atoms with Crippen LogP contribution in [0.25, 0.3) is 0 Å². The van der Waals surface area contributed by atoms with E-state index in [0.717, 1.165) is 30.6 Å². The molecule has 0 saturated heterocycles. The van der Waals surface area contributed by atoms with Crippen LogP contribution in [0.4, 0.5) is 0 Å². The summed E-state index contributed by atoms with van der Waals surface area (Å²) in [4.78, 5) is 0. The Labute approximate surface area is 98.5 Å². The molecule has 0 bridgehead atoms. The van der Waals surface area contributed by atoms with E-state index in [1.165, 1.54) is 0 Å². The average Bonchev–Trinajstić information content (AvgIpc) is 2.44. The fourth-order valence-electron chi connectivity index (χ4n) is 1.91. The van der Waals surface area contributed by atoms with Gasteiger partial charge in [-0.05, 0) is 24.7 Å². The van der Waals surface area contributed by atoms with E-state index in [1.807, 2.05) is 0 Å². The molecule has 0 aliphatic heterocycles. The summed E-state index contributed by atoms with van der Waals surface area (Å²) in [6, 6.07) is 0. The number of aromatic nitrogens is 2. The third kappa shape index (κ3) is 3.00. The normalized spacial score (nSPS) is 11.7. The van der Waals surface area contributed by atoms with E-state index < -0.39 is 0 Å². The van der Waals surface area contributed by atoms with Crippen molar-refractivity contribution in [2.24, 2.45) is 11.8 Å². The van der Waals surface area contributed by atoms with Crippen LogP contribution in [0.3, 0.4) is 0 Å². The zero-order valence-electron chi connectivity index (χ0n) is 11.1. The highest BCUT2D eigenvalue weighted by atomic mass is 16.3. The molecule has 0 spiro atoms. The van der Waals surface area contributed by atoms with E-state index in [0.29, 0.717) is 17.7 Å². The molecule has 1 rings (SSSR count). The first-order valence-corrected chi connectivity index (χ1v) is 6.23. The minimum atomic E-state index is 0.374. The summed E-state index contributed by atoms with van der Waals surface area (Å²) >= 11 is 0. The Bertz CT molecular complexity index is 340. The van der Waals surface area contributed by atoms with Gasteiger partial charge in [-0.1, -0.05) is 34.6 Å². The van der Waals surface area contributed by atoms with Gasteiger partial charge in [-0.2, -0.15) is 5.10 Å². The third-order valence-electron chi connectivity index (χ3n) is 2.59. The Morgan fingerprint density at radius 1 is 1.19 bits per heavy atom. The van der Waals surface area contributed by atoms with Crippen molar-refractivity contribution in [3.8, 4) is 5.88 Å². The first-order valence-electron chi connectivity index (χ1n) is 6.23. The monoisotopic (exact) mass is 224 g/mol. The van der Waals surface area contributed by atoms with Crippen molar-refractivity contribution >= 4 is 0 Å². The van der Waals surface area contributed by atoms with E-state index in [-0.39, 0.29) is 0 Å². The molecule has 1 heterocycles. The lowest BCUT2D eigenvalue weighted by molar-refractivity contribution is 0.367. The maximum absolute atomic E-state index is 10.1. The second kappa shape index (κ2) is 5.37. The molecule has 1 aromatic rings. The zero-order valence-corrected chi connectivity index (χ0v) is 11.1. The predicted octanol–water partition coefficient (Wildman–Crippen LogP) is 3.01. The molecule has 3 nitrogen and oxygen atoms in total. The Kier molecular flexibility index (Phi) is 4.39. The Balaban J connectivity index is 3.00. The van der Waals surface area contributed by atoms with Gasteiger partial charge in [0.15, 0.2) is 0 Å². The number of hydrogen-bond acceptors (Lipinski definition) is 2. The van der Waals surface area contributed by atoms with Gasteiger partial charge in [0.1, 0.15) is 0 Å². The van der Waals surface area contributed by atoms with Crippen LogP contribution in [0.5, 0.6) is 5.88 Å². The van der Waals surface area contributed by atoms with Crippen molar-refractivity contribution in [1.82, 2.24) is 9.78 Å². The number of nitrogens with zero attached hydrogens (tertiary/aromatic N) is 2. The maximum atomic E-state index is 10.1. The summed E-state index contributed by atoms with van der Waals surface area (Å²) < 4.78 is 1.75. The quantitative estimate of drug-likeness (QED) is 0.835. The lowest BCUT2D eigenvalue weighted by atomic mass is 10.0. The van der Waals surface area contributed by atoms with Gasteiger partial charge in [0.05, 0.1) is 5.69 Å². The molecule has 0 aliphatic carbocycles. The standard InChI is InChI=1S/C13H24N2O/c1-6-12-11(7-9(2)3)13(16)15(14-12)8-10(4)5/h9-10,16H,6-8H2,1-5H3. The average molecular weight is 224 g/mol. The van der Waals surface area contributed by atoms with E-state index in [1.54, 1.807) is 4.68 Å². The summed E-state index contributed by atoms with van der Waals surface area (Å²) in [5.74, 6) is 1.43. The van der Waals surface area contributed by atoms with Crippen molar-refractivity contribution in [3.05, 3.63) is 11.3 Å². The van der Waals surface area contributed by atoms with Crippen LogP contribution in [-0.2, 0) is 19.4 Å². The summed E-state index contributed by atoms with van der Waals surface area (Å²) in [6.45, 7) is 11.5. The van der Waals surface area contributed by atoms with Crippen molar-refractivity contribution in [2.75, 3.05) is 0 Å². The van der Waals surface area contributed by atoms with Gasteiger partial charge >= 0.3 is 0 Å². The molecule has 92 valence electrons. The largest absolute Gasteiger partial charge is 0.493 e. The first kappa shape index (κ1) is 13.1. The number of rotatable bonds is 5. The highest BCUT2D eigenvalue weighted by Crippen LogP contribution is 2.25. The van der Waals surface area contributed by atoms with E-state index in [4.69, 9.17) is 0 Å². The Morgan fingerprint density at radius 3 is 2.25 bits per heavy atom. The lowest BCUT2D eigenvalue weighted by Gasteiger charge is -2.07. The Morgan fingerprint density at radius 2 is 1.81 bits per heavy atom. The van der Waals surface area contributed by atoms with Gasteiger partial charge in [0, 0.05) is 12.1 Å². The first-order chi connectivity index (χ1) is 7.45. The molecular weight excluding hydrogens is 200 g/mol. The summed E-state index contributed by atoms with van der Waals surface area (Å²) in [5.41, 5.74) is 2.09. The zero-order chi connectivity index (χ0) is 12.3. The van der Waals surface area contributed by atoms with Crippen LogP contribution in [0, 0.1) is 11.8 Å². The Hall–Kier alpha value is -0.990. The van der Waals surface area contributed by atoms with Gasteiger partial charge in [0.2, 0.25) is 5.88 Å².